The Kier molecular flexibility index (Phi) is 7.07. The second-order valence-corrected chi connectivity index (χ2v) is 4.41. The van der Waals surface area contributed by atoms with Gasteiger partial charge in [-0.25, -0.2) is 0 Å². The number of ether oxygens (including phenoxy) is 2. The van der Waals surface area contributed by atoms with Crippen LogP contribution in [0.25, 0.3) is 0 Å². The van der Waals surface area contributed by atoms with Crippen LogP contribution in [-0.2, 0) is 14.9 Å². The molecule has 0 bridgehead atoms. The van der Waals surface area contributed by atoms with Crippen molar-refractivity contribution < 1.29 is 22.4 Å². The van der Waals surface area contributed by atoms with Gasteiger partial charge in [-0.2, -0.15) is 8.42 Å². The maximum absolute atomic E-state index is 11.0. The molecule has 0 atom stereocenters. The van der Waals surface area contributed by atoms with Crippen molar-refractivity contribution in [1.82, 2.24) is 0 Å². The van der Waals surface area contributed by atoms with E-state index in [2.05, 4.69) is 0 Å². The zero-order chi connectivity index (χ0) is 12.2. The van der Waals surface area contributed by atoms with Crippen LogP contribution in [-0.4, -0.2) is 62.9 Å². The number of nitrogen functional groups attached to an aromatic ring is 1. The molecule has 0 aliphatic rings. The third kappa shape index (κ3) is 5.24. The first kappa shape index (κ1) is 16.7. The molecule has 0 unspecified atom stereocenters. The van der Waals surface area contributed by atoms with E-state index in [0.29, 0.717) is 6.61 Å². The van der Waals surface area contributed by atoms with Crippen LogP contribution in [0.1, 0.15) is 0 Å². The Morgan fingerprint density at radius 1 is 1.35 bits per heavy atom. The van der Waals surface area contributed by atoms with Gasteiger partial charge in [0.15, 0.2) is 0 Å². The van der Waals surface area contributed by atoms with Gasteiger partial charge in [0, 0.05) is 12.8 Å². The molecule has 8 heteroatoms. The van der Waals surface area contributed by atoms with Gasteiger partial charge >= 0.3 is 29.6 Å². The van der Waals surface area contributed by atoms with Crippen molar-refractivity contribution in [3.8, 4) is 5.75 Å². The minimum absolute atomic E-state index is 0. The van der Waals surface area contributed by atoms with Gasteiger partial charge in [0.05, 0.1) is 6.61 Å². The first-order chi connectivity index (χ1) is 7.45. The predicted octanol–water partition coefficient (Wildman–Crippen LogP) is -0.108. The van der Waals surface area contributed by atoms with E-state index in [0.717, 1.165) is 6.07 Å². The van der Waals surface area contributed by atoms with E-state index in [1.165, 1.54) is 19.2 Å². The quantitative estimate of drug-likeness (QED) is 0.335. The van der Waals surface area contributed by atoms with Crippen LogP contribution in [0.5, 0.6) is 5.75 Å². The monoisotopic (exact) mass is 271 g/mol. The normalized spacial score (nSPS) is 10.7. The van der Waals surface area contributed by atoms with Gasteiger partial charge in [-0.15, -0.1) is 0 Å². The van der Waals surface area contributed by atoms with Crippen molar-refractivity contribution in [1.29, 1.82) is 0 Å². The van der Waals surface area contributed by atoms with Crippen LogP contribution in [0.2, 0.25) is 0 Å². The Hall–Kier alpha value is -0.310. The zero-order valence-electron chi connectivity index (χ0n) is 8.71. The Labute approximate surface area is 122 Å². The molecule has 1 aromatic carbocycles. The van der Waals surface area contributed by atoms with Crippen LogP contribution in [0.4, 0.5) is 5.69 Å². The van der Waals surface area contributed by atoms with E-state index in [1.54, 1.807) is 0 Å². The van der Waals surface area contributed by atoms with Gasteiger partial charge in [-0.05, 0) is 18.2 Å². The molecule has 1 aromatic rings. The number of benzene rings is 1. The summed E-state index contributed by atoms with van der Waals surface area (Å²) in [4.78, 5) is -0.344. The van der Waals surface area contributed by atoms with E-state index < -0.39 is 10.1 Å². The number of nitrogens with two attached hydrogens (primary N) is 1. The van der Waals surface area contributed by atoms with Crippen LogP contribution in [0.3, 0.4) is 0 Å². The maximum atomic E-state index is 11.0. The summed E-state index contributed by atoms with van der Waals surface area (Å²) in [6.07, 6.45) is 0. The summed E-state index contributed by atoms with van der Waals surface area (Å²) >= 11 is 0. The first-order valence-electron chi connectivity index (χ1n) is 4.44. The summed E-state index contributed by atoms with van der Waals surface area (Å²) in [6, 6.07) is 4.00. The molecule has 6 nitrogen and oxygen atoms in total. The van der Waals surface area contributed by atoms with Gasteiger partial charge in [0.1, 0.15) is 17.3 Å². The fraction of sp³-hybridized carbons (Fsp3) is 0.333. The molecule has 0 amide bonds. The minimum atomic E-state index is -4.34. The Bertz CT molecular complexity index is 462. The fourth-order valence-corrected chi connectivity index (χ4v) is 1.75. The molecule has 17 heavy (non-hydrogen) atoms. The summed E-state index contributed by atoms with van der Waals surface area (Å²) in [5, 5.41) is 0. The third-order valence-corrected chi connectivity index (χ3v) is 2.67. The van der Waals surface area contributed by atoms with Gasteiger partial charge in [0.2, 0.25) is 0 Å². The van der Waals surface area contributed by atoms with Crippen molar-refractivity contribution in [3.63, 3.8) is 0 Å². The van der Waals surface area contributed by atoms with Gasteiger partial charge in [-0.3, -0.25) is 4.55 Å². The fourth-order valence-electron chi connectivity index (χ4n) is 1.08. The molecule has 3 N–H and O–H groups in total. The molecule has 0 heterocycles. The summed E-state index contributed by atoms with van der Waals surface area (Å²) < 4.78 is 40.9. The Balaban J connectivity index is 0.00000256. The van der Waals surface area contributed by atoms with Gasteiger partial charge in [-0.1, -0.05) is 0 Å². The molecular formula is C9H14NNaO5S. The number of rotatable bonds is 5. The second-order valence-electron chi connectivity index (χ2n) is 3.02. The molecule has 0 saturated heterocycles. The third-order valence-electron chi connectivity index (χ3n) is 1.79. The molecule has 0 aliphatic carbocycles. The van der Waals surface area contributed by atoms with Crippen molar-refractivity contribution >= 4 is 45.4 Å². The number of methoxy groups -OCH3 is 1. The van der Waals surface area contributed by atoms with Crippen LogP contribution >= 0.6 is 0 Å². The standard InChI is InChI=1S/C9H13NO5S.Na.H/c1-14-4-5-15-8-3-2-7(10)6-9(8)16(11,12)13;;/h2-3,6H,4-5,10H2,1H3,(H,11,12,13);;. The summed E-state index contributed by atoms with van der Waals surface area (Å²) in [5.74, 6) is 0.0498. The van der Waals surface area contributed by atoms with E-state index in [1.807, 2.05) is 0 Å². The van der Waals surface area contributed by atoms with E-state index >= 15 is 0 Å². The Morgan fingerprint density at radius 3 is 2.53 bits per heavy atom. The van der Waals surface area contributed by atoms with Crippen LogP contribution in [0.15, 0.2) is 23.1 Å². The van der Waals surface area contributed by atoms with Crippen LogP contribution in [0, 0.1) is 0 Å². The van der Waals surface area contributed by atoms with Crippen molar-refractivity contribution in [2.75, 3.05) is 26.1 Å². The van der Waals surface area contributed by atoms with E-state index in [4.69, 9.17) is 19.8 Å². The molecule has 0 aliphatic heterocycles. The van der Waals surface area contributed by atoms with E-state index in [9.17, 15) is 8.42 Å². The number of anilines is 1. The average molecular weight is 271 g/mol. The molecule has 0 aromatic heterocycles. The zero-order valence-corrected chi connectivity index (χ0v) is 9.53. The SMILES string of the molecule is COCCOc1ccc(N)cc1S(=O)(=O)O.[NaH]. The molecule has 0 saturated carbocycles. The molecule has 1 rings (SSSR count). The van der Waals surface area contributed by atoms with Crippen molar-refractivity contribution in [3.05, 3.63) is 18.2 Å². The van der Waals surface area contributed by atoms with E-state index in [-0.39, 0.29) is 52.5 Å². The average Bonchev–Trinajstić information content (AvgIpc) is 2.19. The topological polar surface area (TPSA) is 98.9 Å². The summed E-state index contributed by atoms with van der Waals surface area (Å²) in [7, 11) is -2.84. The predicted molar refractivity (Wildman–Crippen MR) is 65.2 cm³/mol. The molecular weight excluding hydrogens is 257 g/mol. The number of hydrogen-bond acceptors (Lipinski definition) is 5. The van der Waals surface area contributed by atoms with Gasteiger partial charge < -0.3 is 15.2 Å². The molecule has 0 fully saturated rings. The second kappa shape index (κ2) is 7.20. The van der Waals surface area contributed by atoms with Gasteiger partial charge in [0.25, 0.3) is 10.1 Å². The van der Waals surface area contributed by atoms with Crippen LogP contribution < -0.4 is 10.5 Å². The molecule has 92 valence electrons. The van der Waals surface area contributed by atoms with Crippen molar-refractivity contribution in [2.45, 2.75) is 4.90 Å². The summed E-state index contributed by atoms with van der Waals surface area (Å²) in [6.45, 7) is 0.498. The molecule has 0 radical (unpaired) electrons. The molecule has 0 spiro atoms. The number of hydrogen-bond donors (Lipinski definition) is 2. The first-order valence-corrected chi connectivity index (χ1v) is 5.88. The van der Waals surface area contributed by atoms with Crippen molar-refractivity contribution in [2.24, 2.45) is 0 Å². The summed E-state index contributed by atoms with van der Waals surface area (Å²) in [5.41, 5.74) is 5.65. The Morgan fingerprint density at radius 2 is 2.00 bits per heavy atom.